The van der Waals surface area contributed by atoms with Crippen molar-refractivity contribution in [2.45, 2.75) is 56.7 Å². The minimum Gasteiger partial charge on any atom is -0.483 e. The summed E-state index contributed by atoms with van der Waals surface area (Å²) < 4.78 is 5.08. The minimum absolute atomic E-state index is 0.0374. The number of benzene rings is 3. The molecule has 2 aliphatic heterocycles. The first-order valence-electron chi connectivity index (χ1n) is 17.6. The summed E-state index contributed by atoms with van der Waals surface area (Å²) in [7, 11) is 3.80. The Labute approximate surface area is 286 Å². The Morgan fingerprint density at radius 1 is 0.918 bits per heavy atom. The summed E-state index contributed by atoms with van der Waals surface area (Å²) in [4.78, 5) is 34.5. The molecule has 9 nitrogen and oxygen atoms in total. The maximum atomic E-state index is 13.2. The quantitative estimate of drug-likeness (QED) is 0.146. The fraction of sp³-hybridized carbons (Fsp3) is 0.375. The fourth-order valence-corrected chi connectivity index (χ4v) is 8.80. The summed E-state index contributed by atoms with van der Waals surface area (Å²) >= 11 is 0. The minimum atomic E-state index is -0.0600. The number of aromatic amines is 2. The van der Waals surface area contributed by atoms with Crippen molar-refractivity contribution in [1.82, 2.24) is 35.1 Å². The molecule has 1 amide bonds. The van der Waals surface area contributed by atoms with Crippen LogP contribution >= 0.6 is 0 Å². The highest BCUT2D eigenvalue weighted by Crippen LogP contribution is 2.58. The number of piperidine rings is 1. The first kappa shape index (κ1) is 30.2. The van der Waals surface area contributed by atoms with Crippen LogP contribution in [0.15, 0.2) is 85.5 Å². The highest BCUT2D eigenvalue weighted by molar-refractivity contribution is 5.90. The lowest BCUT2D eigenvalue weighted by Gasteiger charge is -2.30. The first-order chi connectivity index (χ1) is 23.9. The van der Waals surface area contributed by atoms with E-state index in [4.69, 9.17) is 14.7 Å². The number of rotatable bonds is 9. The average Bonchev–Trinajstić information content (AvgIpc) is 3.74. The van der Waals surface area contributed by atoms with Gasteiger partial charge in [-0.05, 0) is 103 Å². The molecule has 9 heteroatoms. The van der Waals surface area contributed by atoms with Crippen LogP contribution in [-0.2, 0) is 9.53 Å². The van der Waals surface area contributed by atoms with Crippen molar-refractivity contribution in [3.8, 4) is 33.6 Å². The number of ether oxygens (including phenoxy) is 1. The van der Waals surface area contributed by atoms with Crippen LogP contribution in [0.3, 0.4) is 0 Å². The number of aromatic nitrogens is 4. The van der Waals surface area contributed by atoms with Gasteiger partial charge in [0.05, 0.1) is 49.5 Å². The van der Waals surface area contributed by atoms with E-state index in [1.807, 2.05) is 17.3 Å². The number of H-pyrrole nitrogens is 2. The normalized spacial score (nSPS) is 23.8. The van der Waals surface area contributed by atoms with Crippen molar-refractivity contribution in [2.75, 3.05) is 27.2 Å². The summed E-state index contributed by atoms with van der Waals surface area (Å²) in [5.74, 6) is 3.11. The Hall–Kier alpha value is -4.89. The summed E-state index contributed by atoms with van der Waals surface area (Å²) in [6, 6.07) is 23.1. The molecule has 250 valence electrons. The smallest absolute Gasteiger partial charge is 0.242 e. The topological polar surface area (TPSA) is 102 Å². The van der Waals surface area contributed by atoms with E-state index in [9.17, 15) is 4.79 Å². The number of hydrogen-bond donors (Lipinski definition) is 3. The molecular formula is C40H43N7O2. The molecule has 4 aliphatic rings. The number of methoxy groups -OCH3 is 1. The van der Waals surface area contributed by atoms with Crippen molar-refractivity contribution >= 4 is 16.7 Å². The van der Waals surface area contributed by atoms with E-state index in [1.54, 1.807) is 7.11 Å². The zero-order valence-electron chi connectivity index (χ0n) is 28.2. The van der Waals surface area contributed by atoms with Gasteiger partial charge in [-0.3, -0.25) is 9.69 Å². The molecule has 0 radical (unpaired) electrons. The van der Waals surface area contributed by atoms with Gasteiger partial charge in [-0.1, -0.05) is 48.5 Å². The molecule has 2 bridgehead atoms. The molecular weight excluding hydrogens is 610 g/mol. The summed E-state index contributed by atoms with van der Waals surface area (Å²) in [5, 5.41) is 5.33. The van der Waals surface area contributed by atoms with Gasteiger partial charge in [0.1, 0.15) is 11.6 Å². The highest BCUT2D eigenvalue weighted by atomic mass is 16.5. The third-order valence-electron chi connectivity index (χ3n) is 11.8. The molecule has 4 heterocycles. The van der Waals surface area contributed by atoms with Gasteiger partial charge in [-0.15, -0.1) is 0 Å². The van der Waals surface area contributed by atoms with E-state index in [0.717, 1.165) is 53.0 Å². The molecule has 4 atom stereocenters. The van der Waals surface area contributed by atoms with E-state index in [1.165, 1.54) is 54.0 Å². The standard InChI is InChI=1S/C40H43N7O2/c1-24(49-3)41-22-36(48)47-23-40(14-15-40)19-35(47)38-42-21-34(44-38)30-11-10-28-16-27(8-9-29(28)17-30)25-4-6-26(7-5-25)33-20-43-39(45-33)37-31-12-13-32(18-31)46(37)2/h4-11,16-17,20-21,31-32,35,37,41H,1,12-15,18-19,22-23H2,2-3H3,(H,42,44)(H,43,45)/t31-,32+,35?,37-/m0/s1. The summed E-state index contributed by atoms with van der Waals surface area (Å²) in [6.07, 6.45) is 11.1. The van der Waals surface area contributed by atoms with Gasteiger partial charge in [-0.25, -0.2) is 9.97 Å². The van der Waals surface area contributed by atoms with Gasteiger partial charge in [0.15, 0.2) is 5.88 Å². The van der Waals surface area contributed by atoms with Crippen LogP contribution in [0.25, 0.3) is 44.4 Å². The second-order valence-electron chi connectivity index (χ2n) is 14.8. The van der Waals surface area contributed by atoms with Crippen molar-refractivity contribution in [1.29, 1.82) is 0 Å². The number of nitrogens with zero attached hydrogens (tertiary/aromatic N) is 4. The van der Waals surface area contributed by atoms with Crippen LogP contribution in [0.5, 0.6) is 0 Å². The summed E-state index contributed by atoms with van der Waals surface area (Å²) in [6.45, 7) is 4.71. The number of imidazole rings is 2. The molecule has 5 aromatic rings. The van der Waals surface area contributed by atoms with E-state index in [0.29, 0.717) is 18.0 Å². The predicted octanol–water partition coefficient (Wildman–Crippen LogP) is 7.20. The largest absolute Gasteiger partial charge is 0.483 e. The van der Waals surface area contributed by atoms with E-state index >= 15 is 0 Å². The van der Waals surface area contributed by atoms with E-state index in [2.05, 4.69) is 94.5 Å². The molecule has 3 aromatic carbocycles. The first-order valence-corrected chi connectivity index (χ1v) is 17.6. The lowest BCUT2D eigenvalue weighted by Crippen LogP contribution is -2.38. The number of nitrogens with one attached hydrogen (secondary N) is 3. The van der Waals surface area contributed by atoms with Gasteiger partial charge in [0.25, 0.3) is 0 Å². The molecule has 9 rings (SSSR count). The molecule has 49 heavy (non-hydrogen) atoms. The summed E-state index contributed by atoms with van der Waals surface area (Å²) in [5.41, 5.74) is 6.88. The van der Waals surface area contributed by atoms with Crippen molar-refractivity contribution in [3.63, 3.8) is 0 Å². The Kier molecular flexibility index (Phi) is 7.16. The zero-order valence-corrected chi connectivity index (χ0v) is 28.2. The van der Waals surface area contributed by atoms with Crippen LogP contribution in [0.1, 0.15) is 62.3 Å². The van der Waals surface area contributed by atoms with Crippen molar-refractivity contribution < 1.29 is 9.53 Å². The lowest BCUT2D eigenvalue weighted by molar-refractivity contribution is -0.131. The van der Waals surface area contributed by atoms with Crippen LogP contribution in [-0.4, -0.2) is 68.9 Å². The molecule has 2 saturated heterocycles. The second kappa shape index (κ2) is 11.6. The van der Waals surface area contributed by atoms with Gasteiger partial charge in [0, 0.05) is 18.2 Å². The number of fused-ring (bicyclic) bond motifs is 3. The van der Waals surface area contributed by atoms with E-state index < -0.39 is 0 Å². The zero-order chi connectivity index (χ0) is 33.3. The fourth-order valence-electron chi connectivity index (χ4n) is 8.80. The molecule has 4 fully saturated rings. The Bertz CT molecular complexity index is 2060. The molecule has 2 aliphatic carbocycles. The second-order valence-corrected chi connectivity index (χ2v) is 14.8. The molecule has 1 unspecified atom stereocenters. The third kappa shape index (κ3) is 5.40. The van der Waals surface area contributed by atoms with Crippen LogP contribution in [0.2, 0.25) is 0 Å². The lowest BCUT2D eigenvalue weighted by atomic mass is 9.98. The van der Waals surface area contributed by atoms with Crippen LogP contribution in [0.4, 0.5) is 0 Å². The Balaban J connectivity index is 0.902. The van der Waals surface area contributed by atoms with Crippen molar-refractivity contribution in [3.05, 3.63) is 97.2 Å². The monoisotopic (exact) mass is 653 g/mol. The molecule has 3 N–H and O–H groups in total. The number of carbonyl (C=O) groups excluding carboxylic acids is 1. The number of amides is 1. The van der Waals surface area contributed by atoms with Crippen LogP contribution in [0, 0.1) is 11.3 Å². The Morgan fingerprint density at radius 2 is 1.57 bits per heavy atom. The van der Waals surface area contributed by atoms with E-state index in [-0.39, 0.29) is 23.9 Å². The molecule has 2 aromatic heterocycles. The number of likely N-dealkylation sites (tertiary alicyclic amines) is 2. The van der Waals surface area contributed by atoms with Gasteiger partial charge in [0.2, 0.25) is 5.91 Å². The molecule has 2 saturated carbocycles. The Morgan fingerprint density at radius 3 is 2.29 bits per heavy atom. The SMILES string of the molecule is C=C(NCC(=O)N1CC2(CC2)CC1c1ncc(-c2ccc3cc(-c4ccc(-c5cnc([C@@H]6[C@H]7CC[C@H](C7)N6C)[nH]5)cc4)ccc3c2)[nH]1)OC. The van der Waals surface area contributed by atoms with Gasteiger partial charge in [-0.2, -0.15) is 0 Å². The predicted molar refractivity (Wildman–Crippen MR) is 191 cm³/mol. The maximum Gasteiger partial charge on any atom is 0.242 e. The number of hydrogen-bond acceptors (Lipinski definition) is 6. The van der Waals surface area contributed by atoms with Crippen molar-refractivity contribution in [2.24, 2.45) is 11.3 Å². The highest BCUT2D eigenvalue weighted by Gasteiger charge is 2.54. The molecule has 1 spiro atoms. The maximum absolute atomic E-state index is 13.2. The van der Waals surface area contributed by atoms with Crippen LogP contribution < -0.4 is 5.32 Å². The van der Waals surface area contributed by atoms with Gasteiger partial charge < -0.3 is 24.9 Å². The average molecular weight is 654 g/mol. The number of carbonyl (C=O) groups is 1. The van der Waals surface area contributed by atoms with Gasteiger partial charge >= 0.3 is 0 Å². The third-order valence-corrected chi connectivity index (χ3v) is 11.8.